The van der Waals surface area contributed by atoms with Crippen molar-refractivity contribution in [3.63, 3.8) is 0 Å². The number of carbonyl (C=O) groups is 1. The van der Waals surface area contributed by atoms with Crippen LogP contribution in [-0.2, 0) is 4.79 Å². The second-order valence-electron chi connectivity index (χ2n) is 7.77. The molecule has 0 amide bonds. The molecule has 1 rings (SSSR count). The first kappa shape index (κ1) is 23.5. The Labute approximate surface area is 167 Å². The Morgan fingerprint density at radius 1 is 0.778 bits per heavy atom. The third kappa shape index (κ3) is 12.4. The van der Waals surface area contributed by atoms with Gasteiger partial charge in [-0.05, 0) is 31.0 Å². The van der Waals surface area contributed by atoms with E-state index in [1.807, 2.05) is 31.2 Å². The quantitative estimate of drug-likeness (QED) is 0.166. The van der Waals surface area contributed by atoms with Crippen molar-refractivity contribution in [2.75, 3.05) is 0 Å². The largest absolute Gasteiger partial charge is 0.427 e. The molecule has 0 spiro atoms. The standard InChI is InChI=1S/C25H40O2/c1-4-5-6-7-8-9-10-11-12-13-14-15-16-17-25(26)27-24-20-18-23(19-21-24)22(2)3/h18-21H,2,4-17H2,1,3H3. The van der Waals surface area contributed by atoms with Crippen LogP contribution in [0, 0.1) is 0 Å². The van der Waals surface area contributed by atoms with E-state index in [0.29, 0.717) is 12.2 Å². The molecule has 27 heavy (non-hydrogen) atoms. The van der Waals surface area contributed by atoms with E-state index in [9.17, 15) is 4.79 Å². The molecule has 152 valence electrons. The Morgan fingerprint density at radius 2 is 1.22 bits per heavy atom. The van der Waals surface area contributed by atoms with E-state index in [2.05, 4.69) is 13.5 Å². The fraction of sp³-hybridized carbons (Fsp3) is 0.640. The summed E-state index contributed by atoms with van der Waals surface area (Å²) in [6, 6.07) is 7.56. The van der Waals surface area contributed by atoms with E-state index in [1.165, 1.54) is 70.6 Å². The van der Waals surface area contributed by atoms with Crippen molar-refractivity contribution in [2.45, 2.75) is 104 Å². The van der Waals surface area contributed by atoms with Crippen molar-refractivity contribution in [3.05, 3.63) is 36.4 Å². The fourth-order valence-electron chi connectivity index (χ4n) is 3.28. The number of hydrogen-bond donors (Lipinski definition) is 0. The van der Waals surface area contributed by atoms with Crippen LogP contribution in [0.2, 0.25) is 0 Å². The summed E-state index contributed by atoms with van der Waals surface area (Å²) in [5.74, 6) is 0.501. The Balaban J connectivity index is 1.93. The fourth-order valence-corrected chi connectivity index (χ4v) is 3.28. The Bertz CT molecular complexity index is 516. The average Bonchev–Trinajstić information content (AvgIpc) is 2.66. The number of benzene rings is 1. The minimum absolute atomic E-state index is 0.124. The molecule has 0 radical (unpaired) electrons. The minimum atomic E-state index is -0.124. The molecule has 0 aromatic heterocycles. The van der Waals surface area contributed by atoms with E-state index < -0.39 is 0 Å². The molecule has 0 fully saturated rings. The SMILES string of the molecule is C=C(C)c1ccc(OC(=O)CCCCCCCCCCCCCCC)cc1. The number of carbonyl (C=O) groups excluding carboxylic acids is 1. The van der Waals surface area contributed by atoms with Crippen molar-refractivity contribution < 1.29 is 9.53 Å². The van der Waals surface area contributed by atoms with Gasteiger partial charge in [0, 0.05) is 6.42 Å². The molecule has 0 saturated carbocycles. The molecule has 0 saturated heterocycles. The molecule has 2 heteroatoms. The molecule has 2 nitrogen and oxygen atoms in total. The molecule has 0 unspecified atom stereocenters. The third-order valence-corrected chi connectivity index (χ3v) is 5.06. The summed E-state index contributed by atoms with van der Waals surface area (Å²) in [5, 5.41) is 0. The summed E-state index contributed by atoms with van der Waals surface area (Å²) in [6.45, 7) is 8.14. The minimum Gasteiger partial charge on any atom is -0.427 e. The van der Waals surface area contributed by atoms with Gasteiger partial charge in [-0.3, -0.25) is 4.79 Å². The molecule has 1 aromatic carbocycles. The van der Waals surface area contributed by atoms with Crippen LogP contribution in [0.3, 0.4) is 0 Å². The topological polar surface area (TPSA) is 26.3 Å². The van der Waals surface area contributed by atoms with Crippen molar-refractivity contribution >= 4 is 11.5 Å². The van der Waals surface area contributed by atoms with Gasteiger partial charge in [0.2, 0.25) is 0 Å². The lowest BCUT2D eigenvalue weighted by Crippen LogP contribution is -2.07. The van der Waals surface area contributed by atoms with E-state index in [-0.39, 0.29) is 5.97 Å². The summed E-state index contributed by atoms with van der Waals surface area (Å²) in [4.78, 5) is 11.9. The number of esters is 1. The Hall–Kier alpha value is -1.57. The molecule has 0 bridgehead atoms. The first-order chi connectivity index (χ1) is 13.1. The molecule has 0 aliphatic heterocycles. The lowest BCUT2D eigenvalue weighted by molar-refractivity contribution is -0.134. The van der Waals surface area contributed by atoms with Gasteiger partial charge in [-0.15, -0.1) is 0 Å². The normalized spacial score (nSPS) is 10.7. The van der Waals surface area contributed by atoms with Crippen LogP contribution in [0.25, 0.3) is 5.57 Å². The van der Waals surface area contributed by atoms with Crippen LogP contribution in [0.5, 0.6) is 5.75 Å². The van der Waals surface area contributed by atoms with Gasteiger partial charge in [-0.1, -0.05) is 108 Å². The number of ether oxygens (including phenoxy) is 1. The molecule has 0 aliphatic carbocycles. The van der Waals surface area contributed by atoms with E-state index >= 15 is 0 Å². The zero-order chi connectivity index (χ0) is 19.7. The van der Waals surface area contributed by atoms with Crippen LogP contribution >= 0.6 is 0 Å². The first-order valence-corrected chi connectivity index (χ1v) is 11.1. The van der Waals surface area contributed by atoms with Gasteiger partial charge in [0.1, 0.15) is 5.75 Å². The van der Waals surface area contributed by atoms with Crippen molar-refractivity contribution in [3.8, 4) is 5.75 Å². The molecular weight excluding hydrogens is 332 g/mol. The number of hydrogen-bond acceptors (Lipinski definition) is 2. The van der Waals surface area contributed by atoms with Crippen LogP contribution in [0.1, 0.15) is 109 Å². The van der Waals surface area contributed by atoms with Gasteiger partial charge in [0.05, 0.1) is 0 Å². The number of unbranched alkanes of at least 4 members (excludes halogenated alkanes) is 12. The predicted octanol–water partition coefficient (Wildman–Crippen LogP) is 8.11. The van der Waals surface area contributed by atoms with Gasteiger partial charge in [0.25, 0.3) is 0 Å². The number of rotatable bonds is 16. The lowest BCUT2D eigenvalue weighted by atomic mass is 10.0. The maximum absolute atomic E-state index is 11.9. The highest BCUT2D eigenvalue weighted by Gasteiger charge is 2.05. The van der Waals surface area contributed by atoms with Gasteiger partial charge in [-0.25, -0.2) is 0 Å². The van der Waals surface area contributed by atoms with Crippen LogP contribution in [0.4, 0.5) is 0 Å². The molecule has 0 aliphatic rings. The Morgan fingerprint density at radius 3 is 1.67 bits per heavy atom. The predicted molar refractivity (Wildman–Crippen MR) is 117 cm³/mol. The van der Waals surface area contributed by atoms with Gasteiger partial charge >= 0.3 is 5.97 Å². The second kappa shape index (κ2) is 15.5. The van der Waals surface area contributed by atoms with E-state index in [1.54, 1.807) is 0 Å². The molecular formula is C25H40O2. The van der Waals surface area contributed by atoms with Gasteiger partial charge < -0.3 is 4.74 Å². The zero-order valence-electron chi connectivity index (χ0n) is 17.7. The smallest absolute Gasteiger partial charge is 0.311 e. The van der Waals surface area contributed by atoms with E-state index in [0.717, 1.165) is 24.0 Å². The maximum atomic E-state index is 11.9. The average molecular weight is 373 g/mol. The van der Waals surface area contributed by atoms with Crippen molar-refractivity contribution in [1.29, 1.82) is 0 Å². The summed E-state index contributed by atoms with van der Waals surface area (Å²) >= 11 is 0. The van der Waals surface area contributed by atoms with E-state index in [4.69, 9.17) is 4.74 Å². The molecule has 0 atom stereocenters. The van der Waals surface area contributed by atoms with Crippen LogP contribution in [0.15, 0.2) is 30.8 Å². The second-order valence-corrected chi connectivity index (χ2v) is 7.77. The lowest BCUT2D eigenvalue weighted by Gasteiger charge is -2.06. The highest BCUT2D eigenvalue weighted by Crippen LogP contribution is 2.18. The monoisotopic (exact) mass is 372 g/mol. The highest BCUT2D eigenvalue weighted by molar-refractivity contribution is 5.72. The summed E-state index contributed by atoms with van der Waals surface area (Å²) < 4.78 is 5.39. The molecule has 0 N–H and O–H groups in total. The van der Waals surface area contributed by atoms with Gasteiger partial charge in [0.15, 0.2) is 0 Å². The third-order valence-electron chi connectivity index (χ3n) is 5.06. The zero-order valence-corrected chi connectivity index (χ0v) is 17.7. The van der Waals surface area contributed by atoms with Crippen LogP contribution < -0.4 is 4.74 Å². The molecule has 1 aromatic rings. The maximum Gasteiger partial charge on any atom is 0.311 e. The summed E-state index contributed by atoms with van der Waals surface area (Å²) in [5.41, 5.74) is 2.09. The Kier molecular flexibility index (Phi) is 13.5. The van der Waals surface area contributed by atoms with Crippen molar-refractivity contribution in [2.24, 2.45) is 0 Å². The number of allylic oxidation sites excluding steroid dienone is 1. The van der Waals surface area contributed by atoms with Gasteiger partial charge in [-0.2, -0.15) is 0 Å². The summed E-state index contributed by atoms with van der Waals surface area (Å²) in [6.07, 6.45) is 17.6. The summed E-state index contributed by atoms with van der Waals surface area (Å²) in [7, 11) is 0. The molecule has 0 heterocycles. The van der Waals surface area contributed by atoms with Crippen LogP contribution in [-0.4, -0.2) is 5.97 Å². The highest BCUT2D eigenvalue weighted by atomic mass is 16.5. The first-order valence-electron chi connectivity index (χ1n) is 11.1. The van der Waals surface area contributed by atoms with Crippen molar-refractivity contribution in [1.82, 2.24) is 0 Å².